The van der Waals surface area contributed by atoms with Gasteiger partial charge in [-0.15, -0.1) is 0 Å². The highest BCUT2D eigenvalue weighted by atomic mass is 16.7. The first-order valence-corrected chi connectivity index (χ1v) is 20.7. The molecule has 0 saturated carbocycles. The second-order valence-electron chi connectivity index (χ2n) is 16.2. The summed E-state index contributed by atoms with van der Waals surface area (Å²) in [5, 5.41) is 79.6. The summed E-state index contributed by atoms with van der Waals surface area (Å²) in [4.78, 5) is 105. The number of ether oxygens (including phenoxy) is 3. The van der Waals surface area contributed by atoms with Gasteiger partial charge in [0.05, 0.1) is 67.5 Å². The molecule has 4 unspecified atom stereocenters. The average Bonchev–Trinajstić information content (AvgIpc) is 3.25. The summed E-state index contributed by atoms with van der Waals surface area (Å²) < 4.78 is 17.4. The van der Waals surface area contributed by atoms with Crippen molar-refractivity contribution in [1.82, 2.24) is 15.5 Å². The highest BCUT2D eigenvalue weighted by molar-refractivity contribution is 6.31. The molecule has 0 spiro atoms. The molecule has 8 atom stereocenters. The molecule has 348 valence electrons. The minimum atomic E-state index is -2.43. The van der Waals surface area contributed by atoms with Gasteiger partial charge in [-0.2, -0.15) is 0 Å². The van der Waals surface area contributed by atoms with Gasteiger partial charge in [-0.3, -0.25) is 38.4 Å². The highest BCUT2D eigenvalue weighted by Crippen LogP contribution is 2.52. The van der Waals surface area contributed by atoms with Gasteiger partial charge in [0.2, 0.25) is 23.5 Å². The zero-order chi connectivity index (χ0) is 47.4. The number of hydrogen-bond donors (Lipinski definition) is 9. The average molecular weight is 900 g/mol. The summed E-state index contributed by atoms with van der Waals surface area (Å²) in [7, 11) is 1.27. The van der Waals surface area contributed by atoms with Crippen molar-refractivity contribution in [2.24, 2.45) is 5.92 Å². The third-order valence-corrected chi connectivity index (χ3v) is 11.7. The molecule has 5 rings (SSSR count). The Morgan fingerprint density at radius 2 is 1.70 bits per heavy atom. The fourth-order valence-electron chi connectivity index (χ4n) is 8.35. The van der Waals surface area contributed by atoms with E-state index in [0.717, 1.165) is 4.90 Å². The fraction of sp³-hybridized carbons (Fsp3) is 0.535. The van der Waals surface area contributed by atoms with E-state index in [1.165, 1.54) is 39.2 Å². The number of aliphatic hydroxyl groups is 4. The van der Waals surface area contributed by atoms with Gasteiger partial charge in [0.15, 0.2) is 17.9 Å². The lowest BCUT2D eigenvalue weighted by Gasteiger charge is -2.43. The highest BCUT2D eigenvalue weighted by Gasteiger charge is 2.50. The number of nitrogens with one attached hydrogen (secondary N) is 2. The molecule has 0 aromatic heterocycles. The smallest absolute Gasteiger partial charge is 0.303 e. The molecule has 3 aliphatic rings. The van der Waals surface area contributed by atoms with E-state index in [4.69, 9.17) is 19.3 Å². The van der Waals surface area contributed by atoms with Crippen LogP contribution in [0.25, 0.3) is 0 Å². The maximum absolute atomic E-state index is 14.0. The van der Waals surface area contributed by atoms with E-state index in [2.05, 4.69) is 10.6 Å². The van der Waals surface area contributed by atoms with E-state index < -0.39 is 163 Å². The Hall–Kier alpha value is -5.84. The van der Waals surface area contributed by atoms with E-state index in [0.29, 0.717) is 6.42 Å². The Kier molecular flexibility index (Phi) is 15.6. The minimum absolute atomic E-state index is 0.0155. The molecule has 64 heavy (non-hydrogen) atoms. The van der Waals surface area contributed by atoms with Crippen molar-refractivity contribution in [2.75, 3.05) is 33.4 Å². The van der Waals surface area contributed by atoms with Crippen LogP contribution in [0.4, 0.5) is 0 Å². The van der Waals surface area contributed by atoms with E-state index in [1.807, 2.05) is 0 Å². The molecule has 0 radical (unpaired) electrons. The fourth-order valence-corrected chi connectivity index (χ4v) is 8.35. The van der Waals surface area contributed by atoms with Crippen LogP contribution in [0.2, 0.25) is 0 Å². The number of amides is 3. The third-order valence-electron chi connectivity index (χ3n) is 11.7. The van der Waals surface area contributed by atoms with Crippen molar-refractivity contribution in [2.45, 2.75) is 108 Å². The lowest BCUT2D eigenvalue weighted by atomic mass is 9.72. The number of carbonyl (C=O) groups is 8. The maximum atomic E-state index is 14.0. The van der Waals surface area contributed by atoms with Crippen LogP contribution in [0.15, 0.2) is 18.2 Å². The molecule has 0 bridgehead atoms. The molecule has 2 aliphatic carbocycles. The van der Waals surface area contributed by atoms with Crippen LogP contribution in [0.5, 0.6) is 17.2 Å². The Morgan fingerprint density at radius 1 is 1.02 bits per heavy atom. The number of nitrogens with zero attached hydrogens (tertiary/aromatic N) is 1. The predicted octanol–water partition coefficient (Wildman–Crippen LogP) is -0.665. The van der Waals surface area contributed by atoms with E-state index in [9.17, 15) is 69.0 Å². The zero-order valence-corrected chi connectivity index (χ0v) is 35.6. The lowest BCUT2D eigenvalue weighted by molar-refractivity contribution is -0.249. The summed E-state index contributed by atoms with van der Waals surface area (Å²) in [6.07, 6.45) is -7.92. The van der Waals surface area contributed by atoms with Crippen molar-refractivity contribution in [3.63, 3.8) is 0 Å². The number of ketones is 4. The second-order valence-corrected chi connectivity index (χ2v) is 16.2. The lowest BCUT2D eigenvalue weighted by Crippen LogP contribution is -2.58. The van der Waals surface area contributed by atoms with Crippen LogP contribution in [-0.4, -0.2) is 157 Å². The van der Waals surface area contributed by atoms with Gasteiger partial charge in [-0.1, -0.05) is 19.1 Å². The number of carboxylic acid groups (broad SMARTS) is 1. The number of carboxylic acids is 1. The number of methoxy groups -OCH3 is 1. The molecule has 1 fully saturated rings. The monoisotopic (exact) mass is 899 g/mol. The van der Waals surface area contributed by atoms with Crippen molar-refractivity contribution in [1.29, 1.82) is 0 Å². The van der Waals surface area contributed by atoms with E-state index in [1.54, 1.807) is 6.92 Å². The summed E-state index contributed by atoms with van der Waals surface area (Å²) in [5.41, 5.74) is -4.49. The Morgan fingerprint density at radius 3 is 2.33 bits per heavy atom. The number of phenolic OH excluding ortho intramolecular Hbond substituents is 2. The molecule has 21 heteroatoms. The van der Waals surface area contributed by atoms with Gasteiger partial charge in [-0.05, 0) is 26.3 Å². The van der Waals surface area contributed by atoms with Gasteiger partial charge in [0.25, 0.3) is 0 Å². The van der Waals surface area contributed by atoms with Crippen LogP contribution >= 0.6 is 0 Å². The van der Waals surface area contributed by atoms with Crippen LogP contribution in [0, 0.1) is 5.92 Å². The molecule has 1 aliphatic heterocycles. The van der Waals surface area contributed by atoms with Crippen molar-refractivity contribution < 1.29 is 88.3 Å². The number of Topliss-reactive ketones (excluding diaryl/α,β-unsaturated/α-hetero) is 2. The van der Waals surface area contributed by atoms with Gasteiger partial charge in [0.1, 0.15) is 47.4 Å². The van der Waals surface area contributed by atoms with Crippen LogP contribution < -0.4 is 15.4 Å². The van der Waals surface area contributed by atoms with Crippen molar-refractivity contribution >= 4 is 46.8 Å². The molecule has 2 aromatic carbocycles. The third kappa shape index (κ3) is 10.1. The topological polar surface area (TPSA) is 333 Å². The number of aliphatic hydroxyl groups excluding tert-OH is 3. The Labute approximate surface area is 366 Å². The number of phenols is 2. The zero-order valence-electron chi connectivity index (χ0n) is 35.6. The first-order valence-electron chi connectivity index (χ1n) is 20.7. The van der Waals surface area contributed by atoms with Crippen LogP contribution in [0.3, 0.4) is 0 Å². The first kappa shape index (κ1) is 49.2. The van der Waals surface area contributed by atoms with Gasteiger partial charge in [0, 0.05) is 55.3 Å². The number of fused-ring (bicyclic) bond motifs is 3. The van der Waals surface area contributed by atoms with Crippen LogP contribution in [0.1, 0.15) is 108 Å². The number of hydrogen-bond acceptors (Lipinski definition) is 17. The maximum Gasteiger partial charge on any atom is 0.303 e. The second kappa shape index (κ2) is 20.3. The number of carbonyl (C=O) groups excluding carboxylic acids is 7. The van der Waals surface area contributed by atoms with Gasteiger partial charge in [-0.25, -0.2) is 0 Å². The number of benzene rings is 2. The molecule has 3 amide bonds. The Bertz CT molecular complexity index is 2210. The molecular weight excluding hydrogens is 846 g/mol. The normalized spacial score (nSPS) is 23.4. The molecule has 21 nitrogen and oxygen atoms in total. The van der Waals surface area contributed by atoms with E-state index in [-0.39, 0.29) is 47.4 Å². The van der Waals surface area contributed by atoms with Crippen molar-refractivity contribution in [3.8, 4) is 17.2 Å². The molecule has 2 aromatic rings. The standard InChI is InChI=1S/C43H53N3O18/c1-5-11-46(42(60)19(2)44-41(59)21(17-47)12-22(49)9-10-30(52)53)16-29(51)45-25-13-31(63-20(3)36(25)54)64-27-15-43(61,28(50)18-48)14-24-33(27)40(58)35-34(38(24)56)37(55)23-7-6-8-26(62-4)32(23)39(35)57/h6-8,19-21,25,27,31,36,47-48,54,56,58,61H,5,9-18H2,1-4H3,(H,44,59)(H,45,51)(H,52,53)/t19-,20?,21+,25?,27+,31?,36?,43+/m1/s1. The predicted molar refractivity (Wildman–Crippen MR) is 217 cm³/mol. The summed E-state index contributed by atoms with van der Waals surface area (Å²) in [6.45, 7) is 2.11. The van der Waals surface area contributed by atoms with Gasteiger partial charge < -0.3 is 65.5 Å². The Balaban J connectivity index is 1.35. The summed E-state index contributed by atoms with van der Waals surface area (Å²) in [5.74, 6) is -9.75. The van der Waals surface area contributed by atoms with E-state index >= 15 is 0 Å². The summed E-state index contributed by atoms with van der Waals surface area (Å²) in [6, 6.07) is 1.85. The first-order chi connectivity index (χ1) is 30.2. The molecule has 1 heterocycles. The molecule has 1 saturated heterocycles. The van der Waals surface area contributed by atoms with Crippen LogP contribution in [-0.2, 0) is 44.7 Å². The largest absolute Gasteiger partial charge is 0.507 e. The van der Waals surface area contributed by atoms with Gasteiger partial charge >= 0.3 is 5.97 Å². The number of rotatable bonds is 19. The number of aromatic hydroxyl groups is 2. The van der Waals surface area contributed by atoms with Crippen molar-refractivity contribution in [3.05, 3.63) is 51.6 Å². The SMILES string of the molecule is CCCN(CC(=O)NC1CC(O[C@H]2C[C@](O)(C(=O)CO)Cc3c(O)c4c(c(O)c32)C(=O)c2c(OC)cccc2C4=O)OC(C)C1O)C(=O)[C@@H](C)NC(=O)[C@H](CO)CC(=O)CCC(=O)O. The molecular formula is C43H53N3O18. The summed E-state index contributed by atoms with van der Waals surface area (Å²) >= 11 is 0. The number of aliphatic carboxylic acids is 1. The quantitative estimate of drug-likeness (QED) is 0.0674. The molecule has 9 N–H and O–H groups in total. The minimum Gasteiger partial charge on any atom is -0.507 e.